The zero-order chi connectivity index (χ0) is 12.2. The molecule has 0 radical (unpaired) electrons. The third-order valence-corrected chi connectivity index (χ3v) is 3.81. The van der Waals surface area contributed by atoms with Gasteiger partial charge in [-0.15, -0.1) is 0 Å². The molecule has 0 spiro atoms. The molecule has 1 atom stereocenters. The fraction of sp³-hybridized carbons (Fsp3) is 0.455. The zero-order valence-electron chi connectivity index (χ0n) is 9.19. The molecule has 0 fully saturated rings. The van der Waals surface area contributed by atoms with Gasteiger partial charge >= 0.3 is 0 Å². The number of hydrogen-bond donors (Lipinski definition) is 1. The van der Waals surface area contributed by atoms with Crippen LogP contribution < -0.4 is 5.73 Å². The summed E-state index contributed by atoms with van der Waals surface area (Å²) < 4.78 is 35.9. The number of halogens is 1. The van der Waals surface area contributed by atoms with Crippen molar-refractivity contribution in [2.45, 2.75) is 25.1 Å². The molecule has 0 bridgehead atoms. The molecule has 2 N–H and O–H groups in total. The van der Waals surface area contributed by atoms with Gasteiger partial charge in [0.05, 0.1) is 11.5 Å². The van der Waals surface area contributed by atoms with Crippen molar-refractivity contribution in [3.8, 4) is 0 Å². The Kier molecular flexibility index (Phi) is 4.44. The molecule has 0 aliphatic rings. The first kappa shape index (κ1) is 13.1. The van der Waals surface area contributed by atoms with Crippen molar-refractivity contribution in [3.05, 3.63) is 35.6 Å². The molecule has 1 aromatic rings. The SMILES string of the molecule is CC(N)CCS(=O)(=O)Cc1ccc(F)cc1. The standard InChI is InChI=1S/C11H16FNO2S/c1-9(13)6-7-16(14,15)8-10-2-4-11(12)5-3-10/h2-5,9H,6-8,13H2,1H3. The largest absolute Gasteiger partial charge is 0.328 e. The van der Waals surface area contributed by atoms with Gasteiger partial charge in [0.25, 0.3) is 0 Å². The van der Waals surface area contributed by atoms with Crippen molar-refractivity contribution < 1.29 is 12.8 Å². The number of rotatable bonds is 5. The molecule has 5 heteroatoms. The molecule has 0 amide bonds. The topological polar surface area (TPSA) is 60.2 Å². The van der Waals surface area contributed by atoms with E-state index in [0.717, 1.165) is 0 Å². The molecule has 16 heavy (non-hydrogen) atoms. The second-order valence-corrected chi connectivity index (χ2v) is 6.17. The van der Waals surface area contributed by atoms with E-state index in [-0.39, 0.29) is 23.4 Å². The first-order valence-corrected chi connectivity index (χ1v) is 6.91. The van der Waals surface area contributed by atoms with Gasteiger partial charge in [-0.3, -0.25) is 0 Å². The van der Waals surface area contributed by atoms with Crippen LogP contribution in [0.4, 0.5) is 4.39 Å². The molecular weight excluding hydrogens is 229 g/mol. The second kappa shape index (κ2) is 5.41. The Hall–Kier alpha value is -0.940. The Morgan fingerprint density at radius 2 is 1.88 bits per heavy atom. The Bertz CT molecular complexity index is 426. The van der Waals surface area contributed by atoms with Crippen LogP contribution in [0.25, 0.3) is 0 Å². The van der Waals surface area contributed by atoms with Gasteiger partial charge in [0.1, 0.15) is 5.82 Å². The summed E-state index contributed by atoms with van der Waals surface area (Å²) in [5, 5.41) is 0. The van der Waals surface area contributed by atoms with E-state index in [9.17, 15) is 12.8 Å². The molecule has 0 aromatic heterocycles. The van der Waals surface area contributed by atoms with Crippen LogP contribution in [-0.2, 0) is 15.6 Å². The Morgan fingerprint density at radius 1 is 1.31 bits per heavy atom. The molecule has 0 saturated heterocycles. The number of benzene rings is 1. The van der Waals surface area contributed by atoms with Gasteiger partial charge in [0, 0.05) is 6.04 Å². The van der Waals surface area contributed by atoms with E-state index in [0.29, 0.717) is 12.0 Å². The second-order valence-electron chi connectivity index (χ2n) is 3.98. The predicted molar refractivity (Wildman–Crippen MR) is 62.2 cm³/mol. The summed E-state index contributed by atoms with van der Waals surface area (Å²) in [6.07, 6.45) is 0.448. The minimum absolute atomic E-state index is 0.0556. The van der Waals surface area contributed by atoms with E-state index in [1.807, 2.05) is 0 Å². The van der Waals surface area contributed by atoms with Crippen LogP contribution in [0.3, 0.4) is 0 Å². The third kappa shape index (κ3) is 4.72. The minimum atomic E-state index is -3.14. The predicted octanol–water partition coefficient (Wildman–Crippen LogP) is 1.48. The monoisotopic (exact) mass is 245 g/mol. The molecule has 3 nitrogen and oxygen atoms in total. The van der Waals surface area contributed by atoms with Crippen LogP contribution in [0.2, 0.25) is 0 Å². The Labute approximate surface area is 95.4 Å². The molecule has 0 saturated carbocycles. The molecule has 0 aliphatic heterocycles. The maximum atomic E-state index is 12.6. The van der Waals surface area contributed by atoms with Crippen molar-refractivity contribution in [1.82, 2.24) is 0 Å². The molecule has 1 unspecified atom stereocenters. The molecule has 1 aromatic carbocycles. The average molecular weight is 245 g/mol. The van der Waals surface area contributed by atoms with Gasteiger partial charge in [-0.25, -0.2) is 12.8 Å². The Balaban J connectivity index is 2.62. The number of nitrogens with two attached hydrogens (primary N) is 1. The quantitative estimate of drug-likeness (QED) is 0.854. The summed E-state index contributed by atoms with van der Waals surface area (Å²) in [6.45, 7) is 1.77. The van der Waals surface area contributed by atoms with Crippen molar-refractivity contribution in [2.24, 2.45) is 5.73 Å². The van der Waals surface area contributed by atoms with Crippen LogP contribution in [0.1, 0.15) is 18.9 Å². The first-order valence-electron chi connectivity index (χ1n) is 5.09. The van der Waals surface area contributed by atoms with E-state index >= 15 is 0 Å². The van der Waals surface area contributed by atoms with Gasteiger partial charge in [-0.2, -0.15) is 0 Å². The van der Waals surface area contributed by atoms with Crippen LogP contribution in [0.5, 0.6) is 0 Å². The van der Waals surface area contributed by atoms with Gasteiger partial charge in [-0.05, 0) is 31.0 Å². The molecule has 90 valence electrons. The molecular formula is C11H16FNO2S. The lowest BCUT2D eigenvalue weighted by molar-refractivity contribution is 0.586. The highest BCUT2D eigenvalue weighted by Crippen LogP contribution is 2.09. The smallest absolute Gasteiger partial charge is 0.154 e. The van der Waals surface area contributed by atoms with Crippen molar-refractivity contribution >= 4 is 9.84 Å². The summed E-state index contributed by atoms with van der Waals surface area (Å²) in [4.78, 5) is 0. The Morgan fingerprint density at radius 3 is 2.38 bits per heavy atom. The van der Waals surface area contributed by atoms with Gasteiger partial charge in [0.15, 0.2) is 9.84 Å². The van der Waals surface area contributed by atoms with Gasteiger partial charge < -0.3 is 5.73 Å². The molecule has 0 aliphatic carbocycles. The average Bonchev–Trinajstić information content (AvgIpc) is 2.19. The van der Waals surface area contributed by atoms with Crippen LogP contribution in [-0.4, -0.2) is 20.2 Å². The summed E-state index contributed by atoms with van der Waals surface area (Å²) in [5.41, 5.74) is 6.10. The lowest BCUT2D eigenvalue weighted by Crippen LogP contribution is -2.20. The normalized spacial score (nSPS) is 13.7. The van der Waals surface area contributed by atoms with Gasteiger partial charge in [0.2, 0.25) is 0 Å². The highest BCUT2D eigenvalue weighted by molar-refractivity contribution is 7.90. The van der Waals surface area contributed by atoms with Gasteiger partial charge in [-0.1, -0.05) is 12.1 Å². The summed E-state index contributed by atoms with van der Waals surface area (Å²) in [5.74, 6) is -0.348. The molecule has 1 rings (SSSR count). The molecule has 0 heterocycles. The van der Waals surface area contributed by atoms with Crippen molar-refractivity contribution in [3.63, 3.8) is 0 Å². The van der Waals surface area contributed by atoms with Crippen LogP contribution in [0, 0.1) is 5.82 Å². The first-order chi connectivity index (χ1) is 7.39. The lowest BCUT2D eigenvalue weighted by atomic mass is 10.2. The van der Waals surface area contributed by atoms with E-state index in [2.05, 4.69) is 0 Å². The van der Waals surface area contributed by atoms with E-state index in [4.69, 9.17) is 5.73 Å². The van der Waals surface area contributed by atoms with E-state index in [1.54, 1.807) is 6.92 Å². The fourth-order valence-electron chi connectivity index (χ4n) is 1.27. The lowest BCUT2D eigenvalue weighted by Gasteiger charge is -2.06. The highest BCUT2D eigenvalue weighted by Gasteiger charge is 2.12. The number of sulfone groups is 1. The van der Waals surface area contributed by atoms with Crippen LogP contribution in [0.15, 0.2) is 24.3 Å². The summed E-state index contributed by atoms with van der Waals surface area (Å²) in [6, 6.07) is 5.37. The summed E-state index contributed by atoms with van der Waals surface area (Å²) in [7, 11) is -3.14. The maximum absolute atomic E-state index is 12.6. The van der Waals surface area contributed by atoms with Crippen molar-refractivity contribution in [1.29, 1.82) is 0 Å². The summed E-state index contributed by atoms with van der Waals surface area (Å²) >= 11 is 0. The fourth-order valence-corrected chi connectivity index (χ4v) is 2.85. The number of hydrogen-bond acceptors (Lipinski definition) is 3. The van der Waals surface area contributed by atoms with E-state index in [1.165, 1.54) is 24.3 Å². The van der Waals surface area contributed by atoms with Crippen molar-refractivity contribution in [2.75, 3.05) is 5.75 Å². The maximum Gasteiger partial charge on any atom is 0.154 e. The van der Waals surface area contributed by atoms with E-state index < -0.39 is 9.84 Å². The highest BCUT2D eigenvalue weighted by atomic mass is 32.2. The van der Waals surface area contributed by atoms with Crippen LogP contribution >= 0.6 is 0 Å². The third-order valence-electron chi connectivity index (χ3n) is 2.18. The minimum Gasteiger partial charge on any atom is -0.328 e. The zero-order valence-corrected chi connectivity index (χ0v) is 10.0.